The number of amides is 2. The Bertz CT molecular complexity index is 1200. The summed E-state index contributed by atoms with van der Waals surface area (Å²) < 4.78 is 9.39. The van der Waals surface area contributed by atoms with Gasteiger partial charge in [0, 0.05) is 6.54 Å². The van der Waals surface area contributed by atoms with Crippen molar-refractivity contribution in [2.45, 2.75) is 12.3 Å². The molecule has 0 atom stereocenters. The van der Waals surface area contributed by atoms with E-state index < -0.39 is 12.2 Å². The summed E-state index contributed by atoms with van der Waals surface area (Å²) in [5.41, 5.74) is 17.2. The molecule has 0 bridgehead atoms. The van der Waals surface area contributed by atoms with Crippen LogP contribution in [0.4, 0.5) is 9.59 Å². The van der Waals surface area contributed by atoms with Crippen LogP contribution in [0, 0.1) is 0 Å². The molecule has 0 heterocycles. The summed E-state index contributed by atoms with van der Waals surface area (Å²) in [5, 5.41) is 0. The van der Waals surface area contributed by atoms with Gasteiger partial charge in [-0.1, -0.05) is 97.1 Å². The second-order valence-corrected chi connectivity index (χ2v) is 9.09. The van der Waals surface area contributed by atoms with Gasteiger partial charge in [-0.3, -0.25) is 0 Å². The molecule has 38 heavy (non-hydrogen) atoms. The van der Waals surface area contributed by atoms with Crippen LogP contribution < -0.4 is 11.5 Å². The molecular weight excluding hydrogens is 478 g/mol. The highest BCUT2D eigenvalue weighted by atomic mass is 16.6. The summed E-state index contributed by atoms with van der Waals surface area (Å²) in [6.07, 6.45) is 6.15. The highest BCUT2D eigenvalue weighted by Gasteiger charge is 2.15. The predicted octanol–water partition coefficient (Wildman–Crippen LogP) is 5.51. The number of carbonyl (C=O) groups is 2. The quantitative estimate of drug-likeness (QED) is 0.323. The molecule has 1 aliphatic carbocycles. The van der Waals surface area contributed by atoms with Crippen molar-refractivity contribution >= 4 is 29.9 Å². The van der Waals surface area contributed by atoms with Gasteiger partial charge < -0.3 is 25.8 Å². The van der Waals surface area contributed by atoms with E-state index in [4.69, 9.17) is 20.9 Å². The van der Waals surface area contributed by atoms with Crippen molar-refractivity contribution in [1.82, 2.24) is 4.90 Å². The average molecular weight is 514 g/mol. The standard InChI is InChI=1S/C20H21N.C11H14N2O4/c1-21(2)15-7-12-20-18-10-5-3-8-16(18)13-14-17-9-4-6-11-19(17)20;12-10(14)16-6-9(7-17-11(13)15)8-4-2-1-3-5-8/h3-6,8-14H,7,15H2,1-2H3;1-5,9H,6-7H2,(H2,12,14)(H2,13,15). The number of nitrogens with two attached hydrogens (primary N) is 2. The van der Waals surface area contributed by atoms with E-state index >= 15 is 0 Å². The maximum Gasteiger partial charge on any atom is 0.404 e. The number of nitrogens with zero attached hydrogens (tertiary/aromatic N) is 1. The second-order valence-electron chi connectivity index (χ2n) is 9.09. The van der Waals surface area contributed by atoms with Crippen molar-refractivity contribution in [3.63, 3.8) is 0 Å². The summed E-state index contributed by atoms with van der Waals surface area (Å²) in [4.78, 5) is 23.3. The minimum atomic E-state index is -0.870. The molecule has 0 saturated heterocycles. The molecule has 1 aliphatic rings. The van der Waals surface area contributed by atoms with Crippen LogP contribution in [0.15, 0.2) is 84.9 Å². The number of fused-ring (bicyclic) bond motifs is 2. The Kier molecular flexibility index (Phi) is 10.7. The predicted molar refractivity (Wildman–Crippen MR) is 152 cm³/mol. The largest absolute Gasteiger partial charge is 0.449 e. The highest BCUT2D eigenvalue weighted by molar-refractivity contribution is 5.93. The molecule has 0 spiro atoms. The van der Waals surface area contributed by atoms with Gasteiger partial charge in [0.1, 0.15) is 13.2 Å². The Labute approximate surface area is 224 Å². The number of ether oxygens (including phenoxy) is 2. The number of hydrogen-bond acceptors (Lipinski definition) is 5. The Morgan fingerprint density at radius 3 is 1.71 bits per heavy atom. The molecule has 0 unspecified atom stereocenters. The van der Waals surface area contributed by atoms with Crippen molar-refractivity contribution in [2.75, 3.05) is 33.9 Å². The van der Waals surface area contributed by atoms with Gasteiger partial charge in [0.2, 0.25) is 0 Å². The lowest BCUT2D eigenvalue weighted by Crippen LogP contribution is -2.23. The lowest BCUT2D eigenvalue weighted by Gasteiger charge is -2.16. The summed E-state index contributed by atoms with van der Waals surface area (Å²) in [6.45, 7) is 1.14. The first kappa shape index (κ1) is 28.2. The molecule has 7 heteroatoms. The highest BCUT2D eigenvalue weighted by Crippen LogP contribution is 2.33. The van der Waals surface area contributed by atoms with Gasteiger partial charge in [-0.2, -0.15) is 0 Å². The molecule has 0 aromatic heterocycles. The van der Waals surface area contributed by atoms with Gasteiger partial charge >= 0.3 is 12.2 Å². The summed E-state index contributed by atoms with van der Waals surface area (Å²) >= 11 is 0. The van der Waals surface area contributed by atoms with E-state index in [2.05, 4.69) is 85.8 Å². The zero-order valence-corrected chi connectivity index (χ0v) is 21.9. The van der Waals surface area contributed by atoms with Crippen LogP contribution in [-0.2, 0) is 9.47 Å². The Balaban J connectivity index is 0.000000216. The van der Waals surface area contributed by atoms with Crippen molar-refractivity contribution in [3.8, 4) is 0 Å². The molecule has 3 aromatic carbocycles. The van der Waals surface area contributed by atoms with Crippen molar-refractivity contribution < 1.29 is 19.1 Å². The third-order valence-electron chi connectivity index (χ3n) is 5.99. The van der Waals surface area contributed by atoms with E-state index in [1.54, 1.807) is 0 Å². The lowest BCUT2D eigenvalue weighted by atomic mass is 9.93. The van der Waals surface area contributed by atoms with Crippen LogP contribution in [-0.4, -0.2) is 50.9 Å². The fourth-order valence-electron chi connectivity index (χ4n) is 4.12. The van der Waals surface area contributed by atoms with Crippen LogP contribution in [0.2, 0.25) is 0 Å². The Morgan fingerprint density at radius 1 is 0.763 bits per heavy atom. The number of rotatable bonds is 8. The minimum Gasteiger partial charge on any atom is -0.449 e. The molecule has 3 aromatic rings. The lowest BCUT2D eigenvalue weighted by molar-refractivity contribution is 0.116. The summed E-state index contributed by atoms with van der Waals surface area (Å²) in [5.74, 6) is -0.281. The van der Waals surface area contributed by atoms with Gasteiger partial charge in [-0.15, -0.1) is 0 Å². The van der Waals surface area contributed by atoms with Crippen molar-refractivity contribution in [2.24, 2.45) is 11.5 Å². The number of hydrogen-bond donors (Lipinski definition) is 2. The molecule has 4 rings (SSSR count). The fraction of sp³-hybridized carbons (Fsp3) is 0.226. The normalized spacial score (nSPS) is 11.5. The topological polar surface area (TPSA) is 108 Å². The molecular formula is C31H35N3O4. The molecule has 7 nitrogen and oxygen atoms in total. The van der Waals surface area contributed by atoms with E-state index in [1.807, 2.05) is 30.3 Å². The van der Waals surface area contributed by atoms with Crippen molar-refractivity contribution in [3.05, 3.63) is 113 Å². The minimum absolute atomic E-state index is 0.0344. The zero-order valence-electron chi connectivity index (χ0n) is 21.9. The van der Waals surface area contributed by atoms with Crippen LogP contribution in [0.3, 0.4) is 0 Å². The number of benzene rings is 3. The second kappa shape index (κ2) is 14.4. The molecule has 4 N–H and O–H groups in total. The first-order valence-electron chi connectivity index (χ1n) is 12.5. The average Bonchev–Trinajstić information content (AvgIpc) is 3.06. The first-order chi connectivity index (χ1) is 18.3. The van der Waals surface area contributed by atoms with Crippen LogP contribution in [0.5, 0.6) is 0 Å². The monoisotopic (exact) mass is 513 g/mol. The SMILES string of the molecule is CN(C)CCC=C1c2ccccc2C=Cc2ccccc21.NC(=O)OCC(COC(N)=O)c1ccccc1. The van der Waals surface area contributed by atoms with Crippen LogP contribution >= 0.6 is 0 Å². The van der Waals surface area contributed by atoms with E-state index in [9.17, 15) is 9.59 Å². The first-order valence-corrected chi connectivity index (χ1v) is 12.5. The molecule has 2 amide bonds. The third-order valence-corrected chi connectivity index (χ3v) is 5.99. The third kappa shape index (κ3) is 8.64. The summed E-state index contributed by atoms with van der Waals surface area (Å²) in [6, 6.07) is 26.5. The van der Waals surface area contributed by atoms with Crippen LogP contribution in [0.25, 0.3) is 17.7 Å². The molecule has 0 saturated carbocycles. The Hall–Kier alpha value is -4.36. The molecule has 0 aliphatic heterocycles. The van der Waals surface area contributed by atoms with Crippen LogP contribution in [0.1, 0.15) is 40.2 Å². The van der Waals surface area contributed by atoms with E-state index in [-0.39, 0.29) is 19.1 Å². The summed E-state index contributed by atoms with van der Waals surface area (Å²) in [7, 11) is 4.24. The van der Waals surface area contributed by atoms with Gasteiger partial charge in [-0.25, -0.2) is 9.59 Å². The van der Waals surface area contributed by atoms with Crippen molar-refractivity contribution in [1.29, 1.82) is 0 Å². The molecule has 0 radical (unpaired) electrons. The number of primary amides is 2. The van der Waals surface area contributed by atoms with E-state index in [0.29, 0.717) is 0 Å². The maximum atomic E-state index is 10.5. The van der Waals surface area contributed by atoms with Gasteiger partial charge in [0.25, 0.3) is 0 Å². The van der Waals surface area contributed by atoms with Gasteiger partial charge in [0.05, 0.1) is 5.92 Å². The van der Waals surface area contributed by atoms with E-state index in [0.717, 1.165) is 18.5 Å². The maximum absolute atomic E-state index is 10.5. The van der Waals surface area contributed by atoms with Gasteiger partial charge in [0.15, 0.2) is 0 Å². The number of carbonyl (C=O) groups excluding carboxylic acids is 2. The fourth-order valence-corrected chi connectivity index (χ4v) is 4.12. The van der Waals surface area contributed by atoms with E-state index in [1.165, 1.54) is 27.8 Å². The molecule has 198 valence electrons. The van der Waals surface area contributed by atoms with Gasteiger partial charge in [-0.05, 0) is 53.9 Å². The zero-order chi connectivity index (χ0) is 27.3. The Morgan fingerprint density at radius 2 is 1.24 bits per heavy atom. The smallest absolute Gasteiger partial charge is 0.404 e. The molecule has 0 fully saturated rings.